The Kier molecular flexibility index (Phi) is 7.19. The largest absolute Gasteiger partial charge is 0.325 e. The number of amides is 1. The fourth-order valence-corrected chi connectivity index (χ4v) is 6.10. The third kappa shape index (κ3) is 5.08. The van der Waals surface area contributed by atoms with E-state index >= 15 is 0 Å². The summed E-state index contributed by atoms with van der Waals surface area (Å²) in [6, 6.07) is 11.6. The van der Waals surface area contributed by atoms with Gasteiger partial charge in [-0.15, -0.1) is 11.3 Å². The zero-order valence-corrected chi connectivity index (χ0v) is 21.2. The van der Waals surface area contributed by atoms with Crippen LogP contribution in [0.2, 0.25) is 0 Å². The van der Waals surface area contributed by atoms with E-state index in [1.807, 2.05) is 39.0 Å². The van der Waals surface area contributed by atoms with Gasteiger partial charge in [0.1, 0.15) is 10.6 Å². The summed E-state index contributed by atoms with van der Waals surface area (Å²) < 4.78 is 15.0. The van der Waals surface area contributed by atoms with Crippen molar-refractivity contribution < 1.29 is 9.18 Å². The molecule has 0 spiro atoms. The maximum absolute atomic E-state index is 13.6. The standard InChI is InChI=1S/C26H26FN3O2S2/c1-5-6-21-17(4)23-24(34-21)29-26(30(25(23)32)20-9-7-18(27)8-10-20)33-14-22(31)28-19-12-15(2)11-16(3)13-19/h7-13H,5-6,14H2,1-4H3,(H,28,31). The van der Waals surface area contributed by atoms with Gasteiger partial charge in [-0.3, -0.25) is 14.2 Å². The van der Waals surface area contributed by atoms with Crippen LogP contribution in [-0.2, 0) is 11.2 Å². The summed E-state index contributed by atoms with van der Waals surface area (Å²) in [6.07, 6.45) is 1.85. The Labute approximate surface area is 206 Å². The number of hydrogen-bond donors (Lipinski definition) is 1. The summed E-state index contributed by atoms with van der Waals surface area (Å²) >= 11 is 2.72. The number of nitrogens with zero attached hydrogens (tertiary/aromatic N) is 2. The molecule has 0 saturated heterocycles. The molecule has 0 aliphatic rings. The SMILES string of the molecule is CCCc1sc2nc(SCC(=O)Nc3cc(C)cc(C)c3)n(-c3ccc(F)cc3)c(=O)c2c1C. The Morgan fingerprint density at radius 2 is 1.79 bits per heavy atom. The van der Waals surface area contributed by atoms with E-state index in [2.05, 4.69) is 12.2 Å². The summed E-state index contributed by atoms with van der Waals surface area (Å²) in [5.74, 6) is -0.493. The first-order chi connectivity index (χ1) is 16.3. The Morgan fingerprint density at radius 3 is 2.44 bits per heavy atom. The van der Waals surface area contributed by atoms with Gasteiger partial charge in [0, 0.05) is 10.6 Å². The molecule has 1 amide bonds. The number of rotatable bonds is 7. The lowest BCUT2D eigenvalue weighted by Crippen LogP contribution is -2.23. The normalized spacial score (nSPS) is 11.2. The van der Waals surface area contributed by atoms with E-state index in [4.69, 9.17) is 4.98 Å². The molecule has 0 saturated carbocycles. The molecule has 4 aromatic rings. The summed E-state index contributed by atoms with van der Waals surface area (Å²) in [5, 5.41) is 3.91. The number of nitrogens with one attached hydrogen (secondary N) is 1. The number of aromatic nitrogens is 2. The molecule has 176 valence electrons. The Morgan fingerprint density at radius 1 is 1.12 bits per heavy atom. The molecule has 2 aromatic heterocycles. The van der Waals surface area contributed by atoms with Crippen LogP contribution >= 0.6 is 23.1 Å². The number of carbonyl (C=O) groups excluding carboxylic acids is 1. The van der Waals surface area contributed by atoms with E-state index in [1.54, 1.807) is 12.1 Å². The van der Waals surface area contributed by atoms with Crippen LogP contribution in [0.3, 0.4) is 0 Å². The lowest BCUT2D eigenvalue weighted by molar-refractivity contribution is -0.113. The van der Waals surface area contributed by atoms with Gasteiger partial charge in [-0.25, -0.2) is 9.37 Å². The van der Waals surface area contributed by atoms with Gasteiger partial charge < -0.3 is 5.32 Å². The number of hydrogen-bond acceptors (Lipinski definition) is 5. The highest BCUT2D eigenvalue weighted by atomic mass is 32.2. The number of benzene rings is 2. The summed E-state index contributed by atoms with van der Waals surface area (Å²) in [7, 11) is 0. The van der Waals surface area contributed by atoms with Gasteiger partial charge in [-0.1, -0.05) is 31.2 Å². The van der Waals surface area contributed by atoms with Crippen molar-refractivity contribution in [1.82, 2.24) is 9.55 Å². The number of carbonyl (C=O) groups is 1. The van der Waals surface area contributed by atoms with Crippen LogP contribution in [0.1, 0.15) is 34.9 Å². The molecule has 5 nitrogen and oxygen atoms in total. The zero-order valence-electron chi connectivity index (χ0n) is 19.6. The Hall–Kier alpha value is -2.97. The van der Waals surface area contributed by atoms with Crippen LogP contribution in [0.15, 0.2) is 52.4 Å². The van der Waals surface area contributed by atoms with Gasteiger partial charge >= 0.3 is 0 Å². The van der Waals surface area contributed by atoms with Crippen LogP contribution in [0, 0.1) is 26.6 Å². The van der Waals surface area contributed by atoms with Crippen molar-refractivity contribution >= 4 is 44.9 Å². The maximum Gasteiger partial charge on any atom is 0.267 e. The monoisotopic (exact) mass is 495 g/mol. The first kappa shape index (κ1) is 24.2. The van der Waals surface area contributed by atoms with Gasteiger partial charge in [-0.2, -0.15) is 0 Å². The van der Waals surface area contributed by atoms with E-state index in [0.29, 0.717) is 21.1 Å². The van der Waals surface area contributed by atoms with Crippen molar-refractivity contribution in [3.8, 4) is 5.69 Å². The molecule has 2 heterocycles. The molecule has 0 aliphatic heterocycles. The molecular formula is C26H26FN3O2S2. The second kappa shape index (κ2) is 10.1. The van der Waals surface area contributed by atoms with E-state index in [1.165, 1.54) is 39.8 Å². The number of halogens is 1. The maximum atomic E-state index is 13.6. The molecule has 0 bridgehead atoms. The second-order valence-corrected chi connectivity index (χ2v) is 10.3. The molecule has 34 heavy (non-hydrogen) atoms. The average molecular weight is 496 g/mol. The molecule has 4 rings (SSSR count). The molecule has 0 unspecified atom stereocenters. The van der Waals surface area contributed by atoms with E-state index < -0.39 is 0 Å². The van der Waals surface area contributed by atoms with Crippen LogP contribution in [0.25, 0.3) is 15.9 Å². The number of aryl methyl sites for hydroxylation is 4. The number of anilines is 1. The molecule has 8 heteroatoms. The first-order valence-electron chi connectivity index (χ1n) is 11.1. The van der Waals surface area contributed by atoms with Crippen LogP contribution in [0.5, 0.6) is 0 Å². The minimum absolute atomic E-state index is 0.0817. The summed E-state index contributed by atoms with van der Waals surface area (Å²) in [4.78, 5) is 32.9. The fourth-order valence-electron chi connectivity index (χ4n) is 3.96. The highest BCUT2D eigenvalue weighted by Gasteiger charge is 2.20. The zero-order chi connectivity index (χ0) is 24.4. The van der Waals surface area contributed by atoms with E-state index in [9.17, 15) is 14.0 Å². The third-order valence-electron chi connectivity index (χ3n) is 5.43. The minimum Gasteiger partial charge on any atom is -0.325 e. The van der Waals surface area contributed by atoms with Crippen molar-refractivity contribution in [2.24, 2.45) is 0 Å². The lowest BCUT2D eigenvalue weighted by atomic mass is 10.1. The van der Waals surface area contributed by atoms with Gasteiger partial charge in [0.05, 0.1) is 16.8 Å². The molecule has 1 N–H and O–H groups in total. The van der Waals surface area contributed by atoms with Gasteiger partial charge in [0.15, 0.2) is 5.16 Å². The first-order valence-corrected chi connectivity index (χ1v) is 12.9. The minimum atomic E-state index is -0.384. The van der Waals surface area contributed by atoms with Gasteiger partial charge in [0.2, 0.25) is 5.91 Å². The average Bonchev–Trinajstić information content (AvgIpc) is 3.08. The highest BCUT2D eigenvalue weighted by molar-refractivity contribution is 7.99. The van der Waals surface area contributed by atoms with E-state index in [-0.39, 0.29) is 23.0 Å². The van der Waals surface area contributed by atoms with Gasteiger partial charge in [-0.05, 0) is 80.3 Å². The van der Waals surface area contributed by atoms with Crippen molar-refractivity contribution in [2.45, 2.75) is 45.7 Å². The predicted octanol–water partition coefficient (Wildman–Crippen LogP) is 6.19. The smallest absolute Gasteiger partial charge is 0.267 e. The van der Waals surface area contributed by atoms with Crippen LogP contribution < -0.4 is 10.9 Å². The van der Waals surface area contributed by atoms with Crippen molar-refractivity contribution in [3.05, 3.63) is 80.2 Å². The Bertz CT molecular complexity index is 1400. The lowest BCUT2D eigenvalue weighted by Gasteiger charge is -2.13. The Balaban J connectivity index is 1.71. The van der Waals surface area contributed by atoms with Gasteiger partial charge in [0.25, 0.3) is 5.56 Å². The van der Waals surface area contributed by atoms with Crippen molar-refractivity contribution in [2.75, 3.05) is 11.1 Å². The van der Waals surface area contributed by atoms with Crippen molar-refractivity contribution in [3.63, 3.8) is 0 Å². The van der Waals surface area contributed by atoms with E-state index in [0.717, 1.165) is 40.1 Å². The molecule has 0 aliphatic carbocycles. The molecular weight excluding hydrogens is 469 g/mol. The number of thiophene rings is 1. The fraction of sp³-hybridized carbons (Fsp3) is 0.269. The summed E-state index contributed by atoms with van der Waals surface area (Å²) in [6.45, 7) is 8.01. The number of thioether (sulfide) groups is 1. The predicted molar refractivity (Wildman–Crippen MR) is 139 cm³/mol. The summed E-state index contributed by atoms with van der Waals surface area (Å²) in [5.41, 5.74) is 4.12. The van der Waals surface area contributed by atoms with Crippen molar-refractivity contribution in [1.29, 1.82) is 0 Å². The molecule has 2 aromatic carbocycles. The van der Waals surface area contributed by atoms with Crippen LogP contribution in [0.4, 0.5) is 10.1 Å². The topological polar surface area (TPSA) is 64.0 Å². The quantitative estimate of drug-likeness (QED) is 0.245. The number of fused-ring (bicyclic) bond motifs is 1. The van der Waals surface area contributed by atoms with Crippen LogP contribution in [-0.4, -0.2) is 21.2 Å². The third-order valence-corrected chi connectivity index (χ3v) is 7.62. The molecule has 0 radical (unpaired) electrons. The second-order valence-electron chi connectivity index (χ2n) is 8.30. The molecule has 0 atom stereocenters. The molecule has 0 fully saturated rings. The highest BCUT2D eigenvalue weighted by Crippen LogP contribution is 2.31.